The summed E-state index contributed by atoms with van der Waals surface area (Å²) in [5.41, 5.74) is 8.33. The summed E-state index contributed by atoms with van der Waals surface area (Å²) in [4.78, 5) is 9.11. The van der Waals surface area contributed by atoms with Gasteiger partial charge in [-0.05, 0) is 12.1 Å². The Labute approximate surface area is 125 Å². The maximum absolute atomic E-state index is 5.57. The van der Waals surface area contributed by atoms with Crippen LogP contribution in [0.3, 0.4) is 0 Å². The van der Waals surface area contributed by atoms with Crippen molar-refractivity contribution in [1.29, 1.82) is 0 Å². The molecule has 0 aliphatic heterocycles. The Hall–Kier alpha value is -2.14. The average Bonchev–Trinajstić information content (AvgIpc) is 2.52. The van der Waals surface area contributed by atoms with Crippen LogP contribution in [0.5, 0.6) is 5.75 Å². The number of benzene rings is 1. The van der Waals surface area contributed by atoms with E-state index >= 15 is 0 Å². The van der Waals surface area contributed by atoms with Gasteiger partial charge in [0.1, 0.15) is 11.6 Å². The van der Waals surface area contributed by atoms with Crippen molar-refractivity contribution in [3.63, 3.8) is 0 Å². The largest absolute Gasteiger partial charge is 0.497 e. The summed E-state index contributed by atoms with van der Waals surface area (Å²) in [6.45, 7) is 5.40. The first-order valence-electron chi connectivity index (χ1n) is 7.11. The van der Waals surface area contributed by atoms with E-state index in [0.29, 0.717) is 13.1 Å². The van der Waals surface area contributed by atoms with Gasteiger partial charge in [0.15, 0.2) is 0 Å². The molecule has 3 N–H and O–H groups in total. The molecule has 0 saturated carbocycles. The highest BCUT2D eigenvalue weighted by molar-refractivity contribution is 5.74. The van der Waals surface area contributed by atoms with Gasteiger partial charge < -0.3 is 15.8 Å². The fourth-order valence-electron chi connectivity index (χ4n) is 2.00. The summed E-state index contributed by atoms with van der Waals surface area (Å²) in [6, 6.07) is 7.86. The molecule has 2 aromatic rings. The monoisotopic (exact) mass is 286 g/mol. The minimum atomic E-state index is 0.276. The van der Waals surface area contributed by atoms with Crippen molar-refractivity contribution >= 4 is 5.69 Å². The van der Waals surface area contributed by atoms with E-state index in [1.165, 1.54) is 0 Å². The normalized spacial score (nSPS) is 10.7. The maximum Gasteiger partial charge on any atom is 0.131 e. The third-order valence-corrected chi connectivity index (χ3v) is 3.13. The SMILES string of the molecule is COc1cccc(-c2nc(C(C)C)ncc2NCCN)c1. The molecule has 2 rings (SSSR count). The Balaban J connectivity index is 2.48. The van der Waals surface area contributed by atoms with Crippen molar-refractivity contribution in [2.24, 2.45) is 5.73 Å². The van der Waals surface area contributed by atoms with Gasteiger partial charge >= 0.3 is 0 Å². The zero-order valence-electron chi connectivity index (χ0n) is 12.8. The Bertz CT molecular complexity index is 599. The minimum Gasteiger partial charge on any atom is -0.497 e. The summed E-state index contributed by atoms with van der Waals surface area (Å²) in [5, 5.41) is 3.27. The van der Waals surface area contributed by atoms with Crippen LogP contribution in [0.15, 0.2) is 30.5 Å². The third kappa shape index (κ3) is 3.70. The lowest BCUT2D eigenvalue weighted by molar-refractivity contribution is 0.415. The van der Waals surface area contributed by atoms with Crippen LogP contribution in [0.25, 0.3) is 11.3 Å². The van der Waals surface area contributed by atoms with Gasteiger partial charge in [-0.3, -0.25) is 0 Å². The summed E-state index contributed by atoms with van der Waals surface area (Å²) in [6.07, 6.45) is 1.83. The van der Waals surface area contributed by atoms with E-state index in [4.69, 9.17) is 15.5 Å². The molecular formula is C16H22N4O. The Morgan fingerprint density at radius 3 is 2.81 bits per heavy atom. The summed E-state index contributed by atoms with van der Waals surface area (Å²) >= 11 is 0. The van der Waals surface area contributed by atoms with Crippen LogP contribution in [-0.2, 0) is 0 Å². The van der Waals surface area contributed by atoms with Gasteiger partial charge in [0, 0.05) is 24.6 Å². The zero-order valence-corrected chi connectivity index (χ0v) is 12.8. The highest BCUT2D eigenvalue weighted by atomic mass is 16.5. The van der Waals surface area contributed by atoms with Gasteiger partial charge in [-0.2, -0.15) is 0 Å². The number of nitrogens with two attached hydrogens (primary N) is 1. The molecule has 5 nitrogen and oxygen atoms in total. The third-order valence-electron chi connectivity index (χ3n) is 3.13. The van der Waals surface area contributed by atoms with Gasteiger partial charge in [0.2, 0.25) is 0 Å². The Morgan fingerprint density at radius 1 is 1.33 bits per heavy atom. The standard InChI is InChI=1S/C16H22N4O/c1-11(2)16-19-10-14(18-8-7-17)15(20-16)12-5-4-6-13(9-12)21-3/h4-6,9-11,18H,7-8,17H2,1-3H3. The number of ether oxygens (including phenoxy) is 1. The Kier molecular flexibility index (Phi) is 5.11. The molecule has 0 spiro atoms. The lowest BCUT2D eigenvalue weighted by atomic mass is 10.1. The smallest absolute Gasteiger partial charge is 0.131 e. The molecule has 112 valence electrons. The van der Waals surface area contributed by atoms with E-state index in [1.54, 1.807) is 7.11 Å². The van der Waals surface area contributed by atoms with Crippen LogP contribution < -0.4 is 15.8 Å². The van der Waals surface area contributed by atoms with Crippen LogP contribution >= 0.6 is 0 Å². The first-order valence-corrected chi connectivity index (χ1v) is 7.11. The number of anilines is 1. The van der Waals surface area contributed by atoms with Crippen molar-refractivity contribution in [3.8, 4) is 17.0 Å². The van der Waals surface area contributed by atoms with E-state index < -0.39 is 0 Å². The van der Waals surface area contributed by atoms with E-state index in [1.807, 2.05) is 30.5 Å². The van der Waals surface area contributed by atoms with Crippen LogP contribution in [0, 0.1) is 0 Å². The van der Waals surface area contributed by atoms with Crippen molar-refractivity contribution in [3.05, 3.63) is 36.3 Å². The van der Waals surface area contributed by atoms with Crippen molar-refractivity contribution in [2.75, 3.05) is 25.5 Å². The summed E-state index contributed by atoms with van der Waals surface area (Å²) in [7, 11) is 1.66. The van der Waals surface area contributed by atoms with Crippen LogP contribution in [-0.4, -0.2) is 30.2 Å². The number of hydrogen-bond donors (Lipinski definition) is 2. The van der Waals surface area contributed by atoms with E-state index in [2.05, 4.69) is 24.1 Å². The molecule has 1 heterocycles. The van der Waals surface area contributed by atoms with Gasteiger partial charge in [0.05, 0.1) is 24.7 Å². The molecule has 0 unspecified atom stereocenters. The molecule has 21 heavy (non-hydrogen) atoms. The fraction of sp³-hybridized carbons (Fsp3) is 0.375. The molecule has 1 aromatic carbocycles. The van der Waals surface area contributed by atoms with E-state index in [9.17, 15) is 0 Å². The molecule has 0 atom stereocenters. The second kappa shape index (κ2) is 7.04. The minimum absolute atomic E-state index is 0.276. The second-order valence-corrected chi connectivity index (χ2v) is 5.09. The van der Waals surface area contributed by atoms with Gasteiger partial charge in [-0.15, -0.1) is 0 Å². The number of rotatable bonds is 6. The number of methoxy groups -OCH3 is 1. The lowest BCUT2D eigenvalue weighted by Crippen LogP contribution is -2.14. The average molecular weight is 286 g/mol. The number of nitrogens with zero attached hydrogens (tertiary/aromatic N) is 2. The molecule has 0 fully saturated rings. The molecule has 0 aliphatic carbocycles. The van der Waals surface area contributed by atoms with Crippen molar-refractivity contribution < 1.29 is 4.74 Å². The first kappa shape index (κ1) is 15.3. The molecule has 0 amide bonds. The number of aromatic nitrogens is 2. The van der Waals surface area contributed by atoms with Gasteiger partial charge in [0.25, 0.3) is 0 Å². The quantitative estimate of drug-likeness (QED) is 0.854. The topological polar surface area (TPSA) is 73.1 Å². The molecule has 0 bridgehead atoms. The zero-order chi connectivity index (χ0) is 15.2. The fourth-order valence-corrected chi connectivity index (χ4v) is 2.00. The second-order valence-electron chi connectivity index (χ2n) is 5.09. The molecular weight excluding hydrogens is 264 g/mol. The van der Waals surface area contributed by atoms with Crippen molar-refractivity contribution in [2.45, 2.75) is 19.8 Å². The van der Waals surface area contributed by atoms with E-state index in [-0.39, 0.29) is 5.92 Å². The molecule has 1 aromatic heterocycles. The van der Waals surface area contributed by atoms with Crippen LogP contribution in [0.2, 0.25) is 0 Å². The molecule has 0 aliphatic rings. The van der Waals surface area contributed by atoms with Gasteiger partial charge in [-0.25, -0.2) is 9.97 Å². The molecule has 5 heteroatoms. The molecule has 0 radical (unpaired) electrons. The number of hydrogen-bond acceptors (Lipinski definition) is 5. The predicted octanol–water partition coefficient (Wildman–Crippen LogP) is 2.65. The van der Waals surface area contributed by atoms with Crippen LogP contribution in [0.1, 0.15) is 25.6 Å². The molecule has 0 saturated heterocycles. The number of nitrogens with one attached hydrogen (secondary N) is 1. The first-order chi connectivity index (χ1) is 10.2. The summed E-state index contributed by atoms with van der Waals surface area (Å²) < 4.78 is 5.29. The van der Waals surface area contributed by atoms with E-state index in [0.717, 1.165) is 28.5 Å². The maximum atomic E-state index is 5.57. The highest BCUT2D eigenvalue weighted by Gasteiger charge is 2.12. The van der Waals surface area contributed by atoms with Crippen molar-refractivity contribution in [1.82, 2.24) is 9.97 Å². The lowest BCUT2D eigenvalue weighted by Gasteiger charge is -2.14. The van der Waals surface area contributed by atoms with Crippen LogP contribution in [0.4, 0.5) is 5.69 Å². The highest BCUT2D eigenvalue weighted by Crippen LogP contribution is 2.29. The Morgan fingerprint density at radius 2 is 2.14 bits per heavy atom. The summed E-state index contributed by atoms with van der Waals surface area (Å²) in [5.74, 6) is 1.91. The van der Waals surface area contributed by atoms with Gasteiger partial charge in [-0.1, -0.05) is 26.0 Å². The predicted molar refractivity (Wildman–Crippen MR) is 85.7 cm³/mol.